The topological polar surface area (TPSA) is 69.6 Å². The lowest BCUT2D eigenvalue weighted by Crippen LogP contribution is -2.32. The fourth-order valence-electron chi connectivity index (χ4n) is 0.296. The first kappa shape index (κ1) is 8.39. The Hall–Kier alpha value is -0.610. The Labute approximate surface area is 53.5 Å². The van der Waals surface area contributed by atoms with Crippen LogP contribution in [0.25, 0.3) is 0 Å². The zero-order valence-corrected chi connectivity index (χ0v) is 5.00. The molecule has 0 aromatic heterocycles. The molecule has 0 aromatic carbocycles. The second kappa shape index (κ2) is 4.29. The van der Waals surface area contributed by atoms with Gasteiger partial charge in [-0.1, -0.05) is 0 Å². The highest BCUT2D eigenvalue weighted by molar-refractivity contribution is 5.79. The second-order valence-corrected chi connectivity index (χ2v) is 1.64. The van der Waals surface area contributed by atoms with E-state index in [-0.39, 0.29) is 13.2 Å². The van der Waals surface area contributed by atoms with Crippen molar-refractivity contribution in [1.29, 1.82) is 0 Å². The fourth-order valence-corrected chi connectivity index (χ4v) is 0.296. The molecule has 0 saturated carbocycles. The molecule has 0 aliphatic rings. The van der Waals surface area contributed by atoms with E-state index >= 15 is 0 Å². The van der Waals surface area contributed by atoms with Crippen LogP contribution in [0.1, 0.15) is 0 Å². The van der Waals surface area contributed by atoms with Gasteiger partial charge in [0.2, 0.25) is 5.91 Å². The molecule has 1 amide bonds. The molecule has 0 saturated heterocycles. The number of carbonyl (C=O) groups excluding carboxylic acids is 1. The summed E-state index contributed by atoms with van der Waals surface area (Å²) in [5.41, 5.74) is 0. The summed E-state index contributed by atoms with van der Waals surface area (Å²) in [5.74, 6) is -0.456. The SMILES string of the molecule is [CH2]C(=O)NCC(O)CO. The third-order valence-electron chi connectivity index (χ3n) is 0.746. The molecule has 3 N–H and O–H groups in total. The van der Waals surface area contributed by atoms with Gasteiger partial charge in [-0.3, -0.25) is 4.79 Å². The summed E-state index contributed by atoms with van der Waals surface area (Å²) in [6.07, 6.45) is -0.879. The van der Waals surface area contributed by atoms with E-state index in [9.17, 15) is 4.79 Å². The molecule has 4 heteroatoms. The highest BCUT2D eigenvalue weighted by atomic mass is 16.3. The van der Waals surface area contributed by atoms with Crippen LogP contribution in [0.3, 0.4) is 0 Å². The van der Waals surface area contributed by atoms with Crippen LogP contribution < -0.4 is 5.32 Å². The maximum absolute atomic E-state index is 10.0. The van der Waals surface area contributed by atoms with E-state index in [0.717, 1.165) is 0 Å². The van der Waals surface area contributed by atoms with Crippen LogP contribution in [0.2, 0.25) is 0 Å². The molecular formula is C5H10NO3. The van der Waals surface area contributed by atoms with Crippen molar-refractivity contribution in [2.75, 3.05) is 13.2 Å². The summed E-state index contributed by atoms with van der Waals surface area (Å²) in [4.78, 5) is 10.0. The molecule has 0 aromatic rings. The number of nitrogens with one attached hydrogen (secondary N) is 1. The minimum Gasteiger partial charge on any atom is -0.394 e. The van der Waals surface area contributed by atoms with Crippen molar-refractivity contribution in [3.63, 3.8) is 0 Å². The van der Waals surface area contributed by atoms with Gasteiger partial charge >= 0.3 is 0 Å². The third kappa shape index (κ3) is 5.26. The van der Waals surface area contributed by atoms with E-state index in [4.69, 9.17) is 10.2 Å². The number of aliphatic hydroxyl groups excluding tert-OH is 2. The third-order valence-corrected chi connectivity index (χ3v) is 0.746. The Morgan fingerprint density at radius 1 is 1.78 bits per heavy atom. The number of aliphatic hydroxyl groups is 2. The lowest BCUT2D eigenvalue weighted by Gasteiger charge is -2.05. The van der Waals surface area contributed by atoms with Crippen molar-refractivity contribution in [3.8, 4) is 0 Å². The van der Waals surface area contributed by atoms with Crippen LogP contribution in [0, 0.1) is 6.92 Å². The number of rotatable bonds is 3. The van der Waals surface area contributed by atoms with Crippen LogP contribution in [0.15, 0.2) is 0 Å². The van der Waals surface area contributed by atoms with E-state index < -0.39 is 12.0 Å². The van der Waals surface area contributed by atoms with E-state index in [0.29, 0.717) is 0 Å². The maximum Gasteiger partial charge on any atom is 0.220 e. The van der Waals surface area contributed by atoms with Crippen molar-refractivity contribution in [1.82, 2.24) is 5.32 Å². The average Bonchev–Trinajstić information content (AvgIpc) is 1.83. The summed E-state index contributed by atoms with van der Waals surface area (Å²) in [6.45, 7) is 2.71. The first-order valence-corrected chi connectivity index (χ1v) is 2.55. The Balaban J connectivity index is 3.16. The molecule has 0 aliphatic heterocycles. The standard InChI is InChI=1S/C5H10NO3/c1-4(8)6-2-5(9)3-7/h5,7,9H,1-3H2,(H,6,8). The minimum atomic E-state index is -0.879. The summed E-state index contributed by atoms with van der Waals surface area (Å²) >= 11 is 0. The van der Waals surface area contributed by atoms with Gasteiger partial charge < -0.3 is 15.5 Å². The van der Waals surface area contributed by atoms with Gasteiger partial charge in [0.25, 0.3) is 0 Å². The summed E-state index contributed by atoms with van der Waals surface area (Å²) in [7, 11) is 0. The van der Waals surface area contributed by atoms with Crippen molar-refractivity contribution < 1.29 is 15.0 Å². The maximum atomic E-state index is 10.0. The second-order valence-electron chi connectivity index (χ2n) is 1.64. The predicted molar refractivity (Wildman–Crippen MR) is 31.5 cm³/mol. The molecular weight excluding hydrogens is 122 g/mol. The van der Waals surface area contributed by atoms with E-state index in [1.165, 1.54) is 0 Å². The zero-order valence-electron chi connectivity index (χ0n) is 5.00. The minimum absolute atomic E-state index is 0.0544. The van der Waals surface area contributed by atoms with Gasteiger partial charge in [0, 0.05) is 13.5 Å². The lowest BCUT2D eigenvalue weighted by molar-refractivity contribution is -0.117. The molecule has 1 unspecified atom stereocenters. The quantitative estimate of drug-likeness (QED) is 0.428. The van der Waals surface area contributed by atoms with Crippen LogP contribution in [0.4, 0.5) is 0 Å². The van der Waals surface area contributed by atoms with Crippen molar-refractivity contribution >= 4 is 5.91 Å². The Morgan fingerprint density at radius 3 is 2.67 bits per heavy atom. The van der Waals surface area contributed by atoms with Gasteiger partial charge in [0.1, 0.15) is 0 Å². The van der Waals surface area contributed by atoms with Crippen molar-refractivity contribution in [2.45, 2.75) is 6.10 Å². The molecule has 1 atom stereocenters. The average molecular weight is 132 g/mol. The van der Waals surface area contributed by atoms with Gasteiger partial charge in [-0.05, 0) is 0 Å². The molecule has 0 fully saturated rings. The van der Waals surface area contributed by atoms with Crippen LogP contribution in [-0.4, -0.2) is 35.4 Å². The van der Waals surface area contributed by atoms with Crippen molar-refractivity contribution in [2.24, 2.45) is 0 Å². The molecule has 4 nitrogen and oxygen atoms in total. The molecule has 0 aliphatic carbocycles. The number of hydrogen-bond donors (Lipinski definition) is 3. The smallest absolute Gasteiger partial charge is 0.220 e. The van der Waals surface area contributed by atoms with Crippen LogP contribution in [-0.2, 0) is 4.79 Å². The summed E-state index contributed by atoms with van der Waals surface area (Å²) < 4.78 is 0. The Kier molecular flexibility index (Phi) is 4.00. The van der Waals surface area contributed by atoms with Crippen molar-refractivity contribution in [3.05, 3.63) is 6.92 Å². The van der Waals surface area contributed by atoms with Gasteiger partial charge in [-0.15, -0.1) is 0 Å². The predicted octanol–water partition coefficient (Wildman–Crippen LogP) is -1.71. The summed E-state index contributed by atoms with van der Waals surface area (Å²) in [5, 5.41) is 19.1. The molecule has 0 heterocycles. The molecule has 0 spiro atoms. The van der Waals surface area contributed by atoms with Gasteiger partial charge in [0.15, 0.2) is 0 Å². The Morgan fingerprint density at radius 2 is 2.33 bits per heavy atom. The van der Waals surface area contributed by atoms with Gasteiger partial charge in [-0.2, -0.15) is 0 Å². The normalized spacial score (nSPS) is 12.8. The van der Waals surface area contributed by atoms with Crippen LogP contribution >= 0.6 is 0 Å². The number of amides is 1. The molecule has 9 heavy (non-hydrogen) atoms. The van der Waals surface area contributed by atoms with E-state index in [2.05, 4.69) is 12.2 Å². The Bertz CT molecular complexity index is 94.2. The molecule has 0 bridgehead atoms. The highest BCUT2D eigenvalue weighted by Crippen LogP contribution is 1.74. The highest BCUT2D eigenvalue weighted by Gasteiger charge is 2.00. The number of carbonyl (C=O) groups is 1. The monoisotopic (exact) mass is 132 g/mol. The fraction of sp³-hybridized carbons (Fsp3) is 0.600. The largest absolute Gasteiger partial charge is 0.394 e. The van der Waals surface area contributed by atoms with Gasteiger partial charge in [0.05, 0.1) is 12.7 Å². The molecule has 0 rings (SSSR count). The molecule has 1 radical (unpaired) electrons. The first-order chi connectivity index (χ1) is 4.16. The van der Waals surface area contributed by atoms with E-state index in [1.54, 1.807) is 0 Å². The van der Waals surface area contributed by atoms with Gasteiger partial charge in [-0.25, -0.2) is 0 Å². The van der Waals surface area contributed by atoms with E-state index in [1.807, 2.05) is 0 Å². The van der Waals surface area contributed by atoms with Crippen LogP contribution in [0.5, 0.6) is 0 Å². The summed E-state index contributed by atoms with van der Waals surface area (Å²) in [6, 6.07) is 0. The zero-order chi connectivity index (χ0) is 7.28. The first-order valence-electron chi connectivity index (χ1n) is 2.55. The molecule has 53 valence electrons. The lowest BCUT2D eigenvalue weighted by atomic mass is 10.4. The number of hydrogen-bond acceptors (Lipinski definition) is 3.